The Bertz CT molecular complexity index is 344. The lowest BCUT2D eigenvalue weighted by atomic mass is 10.1. The molecule has 1 saturated carbocycles. The lowest BCUT2D eigenvalue weighted by Crippen LogP contribution is -2.18. The average molecular weight is 195 g/mol. The number of hydrogen-bond donors (Lipinski definition) is 2. The Morgan fingerprint density at radius 3 is 3.07 bits per heavy atom. The van der Waals surface area contributed by atoms with Crippen molar-refractivity contribution in [2.75, 3.05) is 0 Å². The van der Waals surface area contributed by atoms with Crippen LogP contribution in [-0.4, -0.2) is 20.6 Å². The van der Waals surface area contributed by atoms with Crippen LogP contribution in [0.4, 0.5) is 0 Å². The SMILES string of the molecule is N[C@H](CC(=O)O)c1cncn1C1CC1. The highest BCUT2D eigenvalue weighted by Gasteiger charge is 2.27. The standard InChI is InChI=1S/C9H13N3O2/c10-7(3-9(13)14)8-4-11-5-12(8)6-1-2-6/h4-7H,1-3,10H2,(H,13,14)/t7-/m1/s1. The number of hydrogen-bond acceptors (Lipinski definition) is 3. The van der Waals surface area contributed by atoms with Crippen molar-refractivity contribution < 1.29 is 9.90 Å². The molecule has 1 aliphatic rings. The van der Waals surface area contributed by atoms with Crippen molar-refractivity contribution in [3.63, 3.8) is 0 Å². The van der Waals surface area contributed by atoms with Crippen LogP contribution in [0.25, 0.3) is 0 Å². The van der Waals surface area contributed by atoms with E-state index in [4.69, 9.17) is 10.8 Å². The third-order valence-electron chi connectivity index (χ3n) is 2.41. The van der Waals surface area contributed by atoms with Gasteiger partial charge in [-0.2, -0.15) is 0 Å². The Kier molecular flexibility index (Phi) is 2.25. The van der Waals surface area contributed by atoms with E-state index in [9.17, 15) is 4.79 Å². The average Bonchev–Trinajstić information content (AvgIpc) is 2.82. The monoisotopic (exact) mass is 195 g/mol. The fourth-order valence-corrected chi connectivity index (χ4v) is 1.55. The Labute approximate surface area is 81.5 Å². The molecule has 5 heteroatoms. The summed E-state index contributed by atoms with van der Waals surface area (Å²) in [6, 6.07) is 0.0444. The predicted molar refractivity (Wildman–Crippen MR) is 49.7 cm³/mol. The lowest BCUT2D eigenvalue weighted by Gasteiger charge is -2.11. The van der Waals surface area contributed by atoms with Gasteiger partial charge in [-0.3, -0.25) is 4.79 Å². The van der Waals surface area contributed by atoms with Crippen LogP contribution in [0.5, 0.6) is 0 Å². The van der Waals surface area contributed by atoms with Gasteiger partial charge in [0.1, 0.15) is 0 Å². The maximum atomic E-state index is 10.5. The molecule has 76 valence electrons. The maximum Gasteiger partial charge on any atom is 0.305 e. The third-order valence-corrected chi connectivity index (χ3v) is 2.41. The number of carboxylic acid groups (broad SMARTS) is 1. The molecule has 1 heterocycles. The Hall–Kier alpha value is -1.36. The summed E-state index contributed by atoms with van der Waals surface area (Å²) < 4.78 is 1.99. The Balaban J connectivity index is 2.13. The van der Waals surface area contributed by atoms with Crippen LogP contribution in [-0.2, 0) is 4.79 Å². The number of nitrogens with zero attached hydrogens (tertiary/aromatic N) is 2. The first-order valence-corrected chi connectivity index (χ1v) is 4.67. The van der Waals surface area contributed by atoms with Crippen molar-refractivity contribution in [1.82, 2.24) is 9.55 Å². The predicted octanol–water partition coefficient (Wildman–Crippen LogP) is 0.692. The highest BCUT2D eigenvalue weighted by molar-refractivity contribution is 5.67. The normalized spacial score (nSPS) is 18.1. The molecule has 1 aliphatic carbocycles. The molecule has 1 aromatic heterocycles. The van der Waals surface area contributed by atoms with Crippen molar-refractivity contribution in [2.24, 2.45) is 5.73 Å². The molecule has 1 aromatic rings. The maximum absolute atomic E-state index is 10.5. The summed E-state index contributed by atoms with van der Waals surface area (Å²) in [4.78, 5) is 14.5. The van der Waals surface area contributed by atoms with Gasteiger partial charge in [-0.1, -0.05) is 0 Å². The fraction of sp³-hybridized carbons (Fsp3) is 0.556. The number of aliphatic carboxylic acids is 1. The largest absolute Gasteiger partial charge is 0.481 e. The molecule has 5 nitrogen and oxygen atoms in total. The number of imidazole rings is 1. The van der Waals surface area contributed by atoms with E-state index in [0.717, 1.165) is 18.5 Å². The van der Waals surface area contributed by atoms with Crippen LogP contribution in [0.3, 0.4) is 0 Å². The first kappa shape index (κ1) is 9.21. The smallest absolute Gasteiger partial charge is 0.305 e. The molecule has 2 rings (SSSR count). The van der Waals surface area contributed by atoms with Gasteiger partial charge in [0.2, 0.25) is 0 Å². The molecule has 0 radical (unpaired) electrons. The van der Waals surface area contributed by atoms with Crippen LogP contribution in [0.2, 0.25) is 0 Å². The Morgan fingerprint density at radius 2 is 2.50 bits per heavy atom. The van der Waals surface area contributed by atoms with E-state index in [0.29, 0.717) is 6.04 Å². The topological polar surface area (TPSA) is 81.1 Å². The van der Waals surface area contributed by atoms with E-state index in [1.807, 2.05) is 4.57 Å². The second-order valence-electron chi connectivity index (χ2n) is 3.66. The minimum absolute atomic E-state index is 0.0432. The van der Waals surface area contributed by atoms with Gasteiger partial charge in [-0.05, 0) is 12.8 Å². The molecule has 0 bridgehead atoms. The fourth-order valence-electron chi connectivity index (χ4n) is 1.55. The Morgan fingerprint density at radius 1 is 1.79 bits per heavy atom. The molecule has 0 aromatic carbocycles. The van der Waals surface area contributed by atoms with E-state index in [1.165, 1.54) is 0 Å². The van der Waals surface area contributed by atoms with Gasteiger partial charge < -0.3 is 15.4 Å². The molecule has 0 spiro atoms. The van der Waals surface area contributed by atoms with Gasteiger partial charge >= 0.3 is 5.97 Å². The molecule has 0 amide bonds. The summed E-state index contributed by atoms with van der Waals surface area (Å²) in [5.74, 6) is -0.874. The molecule has 1 atom stereocenters. The van der Waals surface area contributed by atoms with Crippen LogP contribution < -0.4 is 5.73 Å². The van der Waals surface area contributed by atoms with Crippen molar-refractivity contribution in [3.05, 3.63) is 18.2 Å². The van der Waals surface area contributed by atoms with E-state index in [2.05, 4.69) is 4.98 Å². The first-order valence-electron chi connectivity index (χ1n) is 4.67. The van der Waals surface area contributed by atoms with Gasteiger partial charge in [0, 0.05) is 12.2 Å². The molecule has 1 fully saturated rings. The van der Waals surface area contributed by atoms with Crippen LogP contribution in [0.15, 0.2) is 12.5 Å². The zero-order chi connectivity index (χ0) is 10.1. The highest BCUT2D eigenvalue weighted by Crippen LogP contribution is 2.36. The third kappa shape index (κ3) is 1.77. The van der Waals surface area contributed by atoms with Crippen molar-refractivity contribution in [1.29, 1.82) is 0 Å². The molecule has 14 heavy (non-hydrogen) atoms. The first-order chi connectivity index (χ1) is 6.68. The lowest BCUT2D eigenvalue weighted by molar-refractivity contribution is -0.137. The summed E-state index contributed by atoms with van der Waals surface area (Å²) in [6.07, 6.45) is 5.63. The summed E-state index contributed by atoms with van der Waals surface area (Å²) in [6.45, 7) is 0. The van der Waals surface area contributed by atoms with Gasteiger partial charge in [0.15, 0.2) is 0 Å². The number of nitrogens with two attached hydrogens (primary N) is 1. The van der Waals surface area contributed by atoms with E-state index in [-0.39, 0.29) is 6.42 Å². The summed E-state index contributed by atoms with van der Waals surface area (Å²) in [5.41, 5.74) is 6.59. The molecule has 3 N–H and O–H groups in total. The second-order valence-corrected chi connectivity index (χ2v) is 3.66. The van der Waals surface area contributed by atoms with Gasteiger partial charge in [0.05, 0.1) is 24.5 Å². The second kappa shape index (κ2) is 3.42. The minimum atomic E-state index is -0.874. The molecule has 0 aliphatic heterocycles. The summed E-state index contributed by atoms with van der Waals surface area (Å²) in [5, 5.41) is 8.62. The molecule has 0 saturated heterocycles. The molecule has 0 unspecified atom stereocenters. The van der Waals surface area contributed by atoms with E-state index < -0.39 is 12.0 Å². The van der Waals surface area contributed by atoms with E-state index >= 15 is 0 Å². The van der Waals surface area contributed by atoms with Gasteiger partial charge in [0.25, 0.3) is 0 Å². The van der Waals surface area contributed by atoms with Crippen molar-refractivity contribution >= 4 is 5.97 Å². The number of aromatic nitrogens is 2. The number of carbonyl (C=O) groups is 1. The minimum Gasteiger partial charge on any atom is -0.481 e. The van der Waals surface area contributed by atoms with Gasteiger partial charge in [-0.15, -0.1) is 0 Å². The zero-order valence-corrected chi connectivity index (χ0v) is 7.76. The highest BCUT2D eigenvalue weighted by atomic mass is 16.4. The zero-order valence-electron chi connectivity index (χ0n) is 7.76. The molecular formula is C9H13N3O2. The summed E-state index contributed by atoms with van der Waals surface area (Å²) >= 11 is 0. The molecular weight excluding hydrogens is 182 g/mol. The van der Waals surface area contributed by atoms with Crippen LogP contribution in [0.1, 0.15) is 37.0 Å². The van der Waals surface area contributed by atoms with Gasteiger partial charge in [-0.25, -0.2) is 4.98 Å². The van der Waals surface area contributed by atoms with E-state index in [1.54, 1.807) is 12.5 Å². The van der Waals surface area contributed by atoms with Crippen molar-refractivity contribution in [2.45, 2.75) is 31.3 Å². The number of rotatable bonds is 4. The summed E-state index contributed by atoms with van der Waals surface area (Å²) in [7, 11) is 0. The quantitative estimate of drug-likeness (QED) is 0.740. The number of carboxylic acids is 1. The van der Waals surface area contributed by atoms with Crippen LogP contribution >= 0.6 is 0 Å². The van der Waals surface area contributed by atoms with Crippen LogP contribution in [0, 0.1) is 0 Å². The van der Waals surface area contributed by atoms with Crippen molar-refractivity contribution in [3.8, 4) is 0 Å².